The molecule has 2 heterocycles. The minimum absolute atomic E-state index is 0.0661. The minimum Gasteiger partial charge on any atom is -0.383 e. The summed E-state index contributed by atoms with van der Waals surface area (Å²) in [6.45, 7) is 6.20. The van der Waals surface area contributed by atoms with Gasteiger partial charge in [-0.2, -0.15) is 0 Å². The molecule has 1 saturated heterocycles. The maximum Gasteiger partial charge on any atom is 0.273 e. The number of morpholine rings is 1. The predicted octanol–water partition coefficient (Wildman–Crippen LogP) is 0.710. The van der Waals surface area contributed by atoms with Crippen molar-refractivity contribution in [1.29, 1.82) is 0 Å². The molecule has 130 valence electrons. The Bertz CT molecular complexity index is 469. The maximum atomic E-state index is 12.6. The standard InChI is InChI=1S/C15H25N3O4S/c1-20-7-5-18(6-8-21-2)15(19)13-12-23-14(16-13)11-17-3-9-22-10-4-17/h12H,3-11H2,1-2H3. The molecule has 0 bridgehead atoms. The van der Waals surface area contributed by atoms with E-state index in [2.05, 4.69) is 9.88 Å². The van der Waals surface area contributed by atoms with Crippen molar-refractivity contribution in [1.82, 2.24) is 14.8 Å². The summed E-state index contributed by atoms with van der Waals surface area (Å²) in [4.78, 5) is 21.1. The lowest BCUT2D eigenvalue weighted by Gasteiger charge is -2.25. The maximum absolute atomic E-state index is 12.6. The van der Waals surface area contributed by atoms with E-state index in [1.807, 2.05) is 5.38 Å². The van der Waals surface area contributed by atoms with Crippen molar-refractivity contribution < 1.29 is 19.0 Å². The van der Waals surface area contributed by atoms with Crippen molar-refractivity contribution in [3.63, 3.8) is 0 Å². The van der Waals surface area contributed by atoms with Crippen molar-refractivity contribution in [2.45, 2.75) is 6.54 Å². The highest BCUT2D eigenvalue weighted by molar-refractivity contribution is 7.09. The molecule has 7 nitrogen and oxygen atoms in total. The zero-order valence-electron chi connectivity index (χ0n) is 13.8. The molecule has 0 spiro atoms. The van der Waals surface area contributed by atoms with Crippen LogP contribution in [0.25, 0.3) is 0 Å². The molecule has 0 aromatic carbocycles. The Balaban J connectivity index is 1.93. The molecule has 1 aromatic rings. The highest BCUT2D eigenvalue weighted by Crippen LogP contribution is 2.15. The van der Waals surface area contributed by atoms with Gasteiger partial charge in [0.1, 0.15) is 10.7 Å². The number of amides is 1. The quantitative estimate of drug-likeness (QED) is 0.658. The lowest BCUT2D eigenvalue weighted by molar-refractivity contribution is 0.0341. The second-order valence-electron chi connectivity index (χ2n) is 5.29. The molecule has 8 heteroatoms. The van der Waals surface area contributed by atoms with E-state index >= 15 is 0 Å². The SMILES string of the molecule is COCCN(CCOC)C(=O)c1csc(CN2CCOCC2)n1. The van der Waals surface area contributed by atoms with Crippen LogP contribution in [0.3, 0.4) is 0 Å². The van der Waals surface area contributed by atoms with E-state index in [9.17, 15) is 4.79 Å². The molecule has 0 atom stereocenters. The number of hydrogen-bond acceptors (Lipinski definition) is 7. The number of methoxy groups -OCH3 is 2. The zero-order chi connectivity index (χ0) is 16.5. The van der Waals surface area contributed by atoms with Gasteiger partial charge in [0.2, 0.25) is 0 Å². The van der Waals surface area contributed by atoms with E-state index in [0.717, 1.165) is 37.9 Å². The van der Waals surface area contributed by atoms with Crippen LogP contribution in [-0.2, 0) is 20.8 Å². The van der Waals surface area contributed by atoms with Crippen molar-refractivity contribution >= 4 is 17.2 Å². The van der Waals surface area contributed by atoms with Crippen molar-refractivity contribution in [2.24, 2.45) is 0 Å². The van der Waals surface area contributed by atoms with Crippen molar-refractivity contribution in [3.05, 3.63) is 16.1 Å². The van der Waals surface area contributed by atoms with Crippen LogP contribution < -0.4 is 0 Å². The van der Waals surface area contributed by atoms with E-state index in [4.69, 9.17) is 14.2 Å². The lowest BCUT2D eigenvalue weighted by atomic mass is 10.3. The molecule has 1 fully saturated rings. The molecule has 1 amide bonds. The molecule has 1 aromatic heterocycles. The first kappa shape index (κ1) is 18.3. The molecule has 0 saturated carbocycles. The number of carbonyl (C=O) groups is 1. The largest absolute Gasteiger partial charge is 0.383 e. The first-order chi connectivity index (χ1) is 11.2. The van der Waals surface area contributed by atoms with Crippen LogP contribution in [0.2, 0.25) is 0 Å². The molecule has 2 rings (SSSR count). The fourth-order valence-electron chi connectivity index (χ4n) is 2.31. The van der Waals surface area contributed by atoms with Gasteiger partial charge in [-0.15, -0.1) is 11.3 Å². The van der Waals surface area contributed by atoms with E-state index in [1.54, 1.807) is 19.1 Å². The number of nitrogens with zero attached hydrogens (tertiary/aromatic N) is 3. The molecule has 0 N–H and O–H groups in total. The fraction of sp³-hybridized carbons (Fsp3) is 0.733. The topological polar surface area (TPSA) is 64.1 Å². The summed E-state index contributed by atoms with van der Waals surface area (Å²) in [5.41, 5.74) is 0.505. The third-order valence-corrected chi connectivity index (χ3v) is 4.48. The third kappa shape index (κ3) is 5.82. The van der Waals surface area contributed by atoms with Crippen LogP contribution in [0, 0.1) is 0 Å². The van der Waals surface area contributed by atoms with Crippen LogP contribution in [0.4, 0.5) is 0 Å². The monoisotopic (exact) mass is 343 g/mol. The van der Waals surface area contributed by atoms with Gasteiger partial charge >= 0.3 is 0 Å². The van der Waals surface area contributed by atoms with Crippen LogP contribution in [0.15, 0.2) is 5.38 Å². The number of aromatic nitrogens is 1. The Morgan fingerprint density at radius 3 is 2.57 bits per heavy atom. The number of ether oxygens (including phenoxy) is 3. The zero-order valence-corrected chi connectivity index (χ0v) is 14.6. The smallest absolute Gasteiger partial charge is 0.273 e. The third-order valence-electron chi connectivity index (χ3n) is 3.65. The first-order valence-corrected chi connectivity index (χ1v) is 8.64. The van der Waals surface area contributed by atoms with Gasteiger partial charge in [-0.1, -0.05) is 0 Å². The van der Waals surface area contributed by atoms with Crippen LogP contribution in [0.1, 0.15) is 15.5 Å². The highest BCUT2D eigenvalue weighted by atomic mass is 32.1. The molecule has 1 aliphatic rings. The first-order valence-electron chi connectivity index (χ1n) is 7.76. The van der Waals surface area contributed by atoms with E-state index in [-0.39, 0.29) is 5.91 Å². The Labute approximate surface area is 141 Å². The number of hydrogen-bond donors (Lipinski definition) is 0. The summed E-state index contributed by atoms with van der Waals surface area (Å²) in [5.74, 6) is -0.0661. The van der Waals surface area contributed by atoms with E-state index < -0.39 is 0 Å². The van der Waals surface area contributed by atoms with Gasteiger partial charge in [0.15, 0.2) is 0 Å². The lowest BCUT2D eigenvalue weighted by Crippen LogP contribution is -2.37. The van der Waals surface area contributed by atoms with Crippen molar-refractivity contribution in [3.8, 4) is 0 Å². The summed E-state index contributed by atoms with van der Waals surface area (Å²) in [5, 5.41) is 2.80. The molecule has 0 aliphatic carbocycles. The van der Waals surface area contributed by atoms with Crippen LogP contribution >= 0.6 is 11.3 Å². The predicted molar refractivity (Wildman–Crippen MR) is 87.9 cm³/mol. The Hall–Kier alpha value is -1.06. The minimum atomic E-state index is -0.0661. The molecule has 23 heavy (non-hydrogen) atoms. The van der Waals surface area contributed by atoms with Gasteiger partial charge in [-0.3, -0.25) is 9.69 Å². The van der Waals surface area contributed by atoms with Gasteiger partial charge in [0.05, 0.1) is 33.0 Å². The Morgan fingerprint density at radius 2 is 1.96 bits per heavy atom. The number of rotatable bonds is 9. The van der Waals surface area contributed by atoms with Gasteiger partial charge in [0, 0.05) is 45.8 Å². The fourth-order valence-corrected chi connectivity index (χ4v) is 3.12. The summed E-state index contributed by atoms with van der Waals surface area (Å²) < 4.78 is 15.5. The van der Waals surface area contributed by atoms with Crippen molar-refractivity contribution in [2.75, 3.05) is 66.8 Å². The van der Waals surface area contributed by atoms with Gasteiger partial charge < -0.3 is 19.1 Å². The average Bonchev–Trinajstić information content (AvgIpc) is 3.04. The Kier molecular flexibility index (Phi) is 7.90. The average molecular weight is 343 g/mol. The normalized spacial score (nSPS) is 15.7. The molecule has 0 radical (unpaired) electrons. The summed E-state index contributed by atoms with van der Waals surface area (Å²) in [7, 11) is 3.25. The Morgan fingerprint density at radius 1 is 1.30 bits per heavy atom. The van der Waals surface area contributed by atoms with Gasteiger partial charge in [-0.05, 0) is 0 Å². The highest BCUT2D eigenvalue weighted by Gasteiger charge is 2.19. The summed E-state index contributed by atoms with van der Waals surface area (Å²) in [6.07, 6.45) is 0. The van der Waals surface area contributed by atoms with E-state index in [1.165, 1.54) is 11.3 Å². The summed E-state index contributed by atoms with van der Waals surface area (Å²) >= 11 is 1.53. The molecule has 0 unspecified atom stereocenters. The van der Waals surface area contributed by atoms with Gasteiger partial charge in [0.25, 0.3) is 5.91 Å². The van der Waals surface area contributed by atoms with Crippen LogP contribution in [-0.4, -0.2) is 87.5 Å². The van der Waals surface area contributed by atoms with Gasteiger partial charge in [-0.25, -0.2) is 4.98 Å². The van der Waals surface area contributed by atoms with E-state index in [0.29, 0.717) is 32.0 Å². The summed E-state index contributed by atoms with van der Waals surface area (Å²) in [6, 6.07) is 0. The molecular formula is C15H25N3O4S. The van der Waals surface area contributed by atoms with Crippen LogP contribution in [0.5, 0.6) is 0 Å². The molecule has 1 aliphatic heterocycles. The number of thiazole rings is 1. The number of carbonyl (C=O) groups excluding carboxylic acids is 1. The second-order valence-corrected chi connectivity index (χ2v) is 6.24. The second kappa shape index (κ2) is 9.94. The molecular weight excluding hydrogens is 318 g/mol.